The highest BCUT2D eigenvalue weighted by Crippen LogP contribution is 2.13. The Hall–Kier alpha value is -0.270. The summed E-state index contributed by atoms with van der Waals surface area (Å²) in [4.78, 5) is 11.4. The van der Waals surface area contributed by atoms with Gasteiger partial charge < -0.3 is 4.74 Å². The highest BCUT2D eigenvalue weighted by atomic mass is 127. The molecule has 0 radical (unpaired) electrons. The second kappa shape index (κ2) is 5.37. The molecule has 4 nitrogen and oxygen atoms in total. The third-order valence-electron chi connectivity index (χ3n) is 2.70. The quantitative estimate of drug-likeness (QED) is 0.770. The van der Waals surface area contributed by atoms with E-state index in [2.05, 4.69) is 37.5 Å². The molecule has 0 N–H and O–H groups in total. The van der Waals surface area contributed by atoms with Gasteiger partial charge in [-0.3, -0.25) is 4.90 Å². The Morgan fingerprint density at radius 2 is 1.75 bits per heavy atom. The molecule has 0 saturated carbocycles. The van der Waals surface area contributed by atoms with Gasteiger partial charge in [-0.15, -0.1) is 0 Å². The number of morpholine rings is 1. The second-order valence-corrected chi connectivity index (χ2v) is 5.09. The summed E-state index contributed by atoms with van der Waals surface area (Å²) in [5, 5.41) is 0. The molecule has 0 spiro atoms. The molecule has 5 heteroatoms. The number of aromatic nitrogens is 2. The maximum absolute atomic E-state index is 5.32. The fourth-order valence-corrected chi connectivity index (χ4v) is 2.04. The van der Waals surface area contributed by atoms with Gasteiger partial charge in [0.1, 0.15) is 5.82 Å². The van der Waals surface area contributed by atoms with Crippen LogP contribution in [0, 0.1) is 17.4 Å². The van der Waals surface area contributed by atoms with E-state index in [0.717, 1.165) is 50.1 Å². The monoisotopic (exact) mass is 333 g/mol. The zero-order chi connectivity index (χ0) is 11.5. The Morgan fingerprint density at radius 1 is 1.19 bits per heavy atom. The van der Waals surface area contributed by atoms with Gasteiger partial charge in [0, 0.05) is 13.1 Å². The van der Waals surface area contributed by atoms with Crippen LogP contribution in [-0.2, 0) is 11.3 Å². The highest BCUT2D eigenvalue weighted by molar-refractivity contribution is 14.1. The summed E-state index contributed by atoms with van der Waals surface area (Å²) in [7, 11) is 0. The lowest BCUT2D eigenvalue weighted by molar-refractivity contribution is 0.0330. The molecule has 0 aliphatic carbocycles. The largest absolute Gasteiger partial charge is 0.379 e. The van der Waals surface area contributed by atoms with Crippen LogP contribution >= 0.6 is 22.6 Å². The highest BCUT2D eigenvalue weighted by Gasteiger charge is 2.13. The van der Waals surface area contributed by atoms with Crippen LogP contribution in [0.15, 0.2) is 0 Å². The van der Waals surface area contributed by atoms with Crippen molar-refractivity contribution < 1.29 is 4.74 Å². The van der Waals surface area contributed by atoms with E-state index in [1.807, 2.05) is 13.8 Å². The van der Waals surface area contributed by atoms with E-state index in [1.165, 1.54) is 3.57 Å². The summed E-state index contributed by atoms with van der Waals surface area (Å²) in [5.74, 6) is 0.928. The molecule has 16 heavy (non-hydrogen) atoms. The van der Waals surface area contributed by atoms with Gasteiger partial charge >= 0.3 is 0 Å². The van der Waals surface area contributed by atoms with Crippen molar-refractivity contribution >= 4 is 22.6 Å². The van der Waals surface area contributed by atoms with Crippen LogP contribution in [0.3, 0.4) is 0 Å². The van der Waals surface area contributed by atoms with E-state index in [1.54, 1.807) is 0 Å². The number of nitrogens with zero attached hydrogens (tertiary/aromatic N) is 3. The molecule has 1 aromatic rings. The number of halogens is 1. The predicted octanol–water partition coefficient (Wildman–Crippen LogP) is 1.53. The Balaban J connectivity index is 2.09. The first kappa shape index (κ1) is 12.2. The Labute approximate surface area is 110 Å². The van der Waals surface area contributed by atoms with E-state index < -0.39 is 0 Å². The Bertz CT molecular complexity index is 354. The average Bonchev–Trinajstić information content (AvgIpc) is 2.27. The molecule has 2 rings (SSSR count). The van der Waals surface area contributed by atoms with E-state index in [0.29, 0.717) is 0 Å². The molecule has 0 aromatic carbocycles. The van der Waals surface area contributed by atoms with Crippen LogP contribution in [0.5, 0.6) is 0 Å². The lowest BCUT2D eigenvalue weighted by Crippen LogP contribution is -2.36. The molecule has 1 aliphatic heterocycles. The fraction of sp³-hybridized carbons (Fsp3) is 0.636. The van der Waals surface area contributed by atoms with Crippen molar-refractivity contribution in [1.82, 2.24) is 14.9 Å². The third kappa shape index (κ3) is 2.89. The van der Waals surface area contributed by atoms with Crippen LogP contribution in [0.4, 0.5) is 0 Å². The lowest BCUT2D eigenvalue weighted by Gasteiger charge is -2.25. The summed E-state index contributed by atoms with van der Waals surface area (Å²) < 4.78 is 6.49. The molecule has 1 aliphatic rings. The molecular formula is C11H16IN3O. The zero-order valence-electron chi connectivity index (χ0n) is 9.66. The summed E-state index contributed by atoms with van der Waals surface area (Å²) in [6.45, 7) is 8.52. The number of hydrogen-bond donors (Lipinski definition) is 0. The summed E-state index contributed by atoms with van der Waals surface area (Å²) >= 11 is 2.30. The molecular weight excluding hydrogens is 317 g/mol. The van der Waals surface area contributed by atoms with Gasteiger partial charge in [0.15, 0.2) is 0 Å². The molecule has 0 atom stereocenters. The lowest BCUT2D eigenvalue weighted by atomic mass is 10.3. The fourth-order valence-electron chi connectivity index (χ4n) is 1.80. The standard InChI is InChI=1S/C11H16IN3O/c1-8-11(12)9(2)14-10(13-8)7-15-3-5-16-6-4-15/h3-7H2,1-2H3. The minimum absolute atomic E-state index is 0.822. The van der Waals surface area contributed by atoms with Gasteiger partial charge in [-0.05, 0) is 36.4 Å². The van der Waals surface area contributed by atoms with E-state index in [9.17, 15) is 0 Å². The molecule has 0 unspecified atom stereocenters. The van der Waals surface area contributed by atoms with Crippen molar-refractivity contribution in [1.29, 1.82) is 0 Å². The van der Waals surface area contributed by atoms with Crippen molar-refractivity contribution in [2.24, 2.45) is 0 Å². The summed E-state index contributed by atoms with van der Waals surface area (Å²) in [6.07, 6.45) is 0. The van der Waals surface area contributed by atoms with Crippen molar-refractivity contribution in [2.45, 2.75) is 20.4 Å². The topological polar surface area (TPSA) is 38.2 Å². The smallest absolute Gasteiger partial charge is 0.142 e. The van der Waals surface area contributed by atoms with E-state index in [-0.39, 0.29) is 0 Å². The zero-order valence-corrected chi connectivity index (χ0v) is 11.8. The maximum Gasteiger partial charge on any atom is 0.142 e. The number of aryl methyl sites for hydroxylation is 2. The first-order valence-corrected chi connectivity index (χ1v) is 6.54. The van der Waals surface area contributed by atoms with Crippen LogP contribution < -0.4 is 0 Å². The minimum Gasteiger partial charge on any atom is -0.379 e. The van der Waals surface area contributed by atoms with Crippen LogP contribution in [0.1, 0.15) is 17.2 Å². The van der Waals surface area contributed by atoms with Crippen LogP contribution in [0.25, 0.3) is 0 Å². The molecule has 1 fully saturated rings. The predicted molar refractivity (Wildman–Crippen MR) is 70.3 cm³/mol. The van der Waals surface area contributed by atoms with Gasteiger partial charge in [0.2, 0.25) is 0 Å². The summed E-state index contributed by atoms with van der Waals surface area (Å²) in [5.41, 5.74) is 2.16. The number of hydrogen-bond acceptors (Lipinski definition) is 4. The van der Waals surface area contributed by atoms with Gasteiger partial charge in [-0.25, -0.2) is 9.97 Å². The first-order valence-electron chi connectivity index (χ1n) is 5.46. The van der Waals surface area contributed by atoms with Crippen molar-refractivity contribution in [3.05, 3.63) is 20.8 Å². The molecule has 2 heterocycles. The van der Waals surface area contributed by atoms with Crippen molar-refractivity contribution in [3.8, 4) is 0 Å². The van der Waals surface area contributed by atoms with Gasteiger partial charge in [-0.1, -0.05) is 0 Å². The van der Waals surface area contributed by atoms with Crippen LogP contribution in [0.2, 0.25) is 0 Å². The van der Waals surface area contributed by atoms with E-state index >= 15 is 0 Å². The SMILES string of the molecule is Cc1nc(CN2CCOCC2)nc(C)c1I. The maximum atomic E-state index is 5.32. The van der Waals surface area contributed by atoms with Gasteiger partial charge in [0.05, 0.1) is 34.7 Å². The van der Waals surface area contributed by atoms with Crippen LogP contribution in [-0.4, -0.2) is 41.2 Å². The molecule has 1 saturated heterocycles. The normalized spacial score (nSPS) is 17.7. The Morgan fingerprint density at radius 3 is 2.31 bits per heavy atom. The Kier molecular flexibility index (Phi) is 4.10. The molecule has 0 bridgehead atoms. The number of rotatable bonds is 2. The average molecular weight is 333 g/mol. The number of ether oxygens (including phenoxy) is 1. The first-order chi connectivity index (χ1) is 7.66. The van der Waals surface area contributed by atoms with Crippen molar-refractivity contribution in [3.63, 3.8) is 0 Å². The summed E-state index contributed by atoms with van der Waals surface area (Å²) in [6, 6.07) is 0. The third-order valence-corrected chi connectivity index (χ3v) is 4.26. The minimum atomic E-state index is 0.822. The second-order valence-electron chi connectivity index (χ2n) is 4.01. The van der Waals surface area contributed by atoms with Gasteiger partial charge in [-0.2, -0.15) is 0 Å². The van der Waals surface area contributed by atoms with E-state index in [4.69, 9.17) is 4.74 Å². The molecule has 1 aromatic heterocycles. The molecule has 88 valence electrons. The van der Waals surface area contributed by atoms with Gasteiger partial charge in [0.25, 0.3) is 0 Å². The molecule has 0 amide bonds. The van der Waals surface area contributed by atoms with Crippen molar-refractivity contribution in [2.75, 3.05) is 26.3 Å².